The molecule has 0 radical (unpaired) electrons. The molecule has 0 aliphatic heterocycles. The van der Waals surface area contributed by atoms with Crippen molar-refractivity contribution in [2.75, 3.05) is 0 Å². The Morgan fingerprint density at radius 1 is 0.760 bits per heavy atom. The van der Waals surface area contributed by atoms with Crippen LogP contribution in [0.25, 0.3) is 0 Å². The van der Waals surface area contributed by atoms with Crippen molar-refractivity contribution < 1.29 is 16.5 Å². The van der Waals surface area contributed by atoms with Gasteiger partial charge in [0.05, 0.1) is 24.0 Å². The summed E-state index contributed by atoms with van der Waals surface area (Å²) < 4.78 is 0. The van der Waals surface area contributed by atoms with Crippen molar-refractivity contribution in [3.8, 4) is 12.1 Å². The molecule has 0 bridgehead atoms. The second kappa shape index (κ2) is 16.2. The summed E-state index contributed by atoms with van der Waals surface area (Å²) in [6.45, 7) is 4.06. The minimum atomic E-state index is -0.472. The average Bonchev–Trinajstić information content (AvgIpc) is 2.67. The van der Waals surface area contributed by atoms with E-state index in [1.165, 1.54) is 0 Å². The van der Waals surface area contributed by atoms with Crippen LogP contribution in [0.5, 0.6) is 0 Å². The summed E-state index contributed by atoms with van der Waals surface area (Å²) in [6.07, 6.45) is 1.78. The molecule has 2 rings (SSSR count). The number of hydrogen-bond acceptors (Lipinski definition) is 2. The van der Waals surface area contributed by atoms with E-state index in [1.807, 2.05) is 74.5 Å². The number of rotatable bonds is 4. The minimum absolute atomic E-state index is 0.0659. The van der Waals surface area contributed by atoms with E-state index in [9.17, 15) is 0 Å². The van der Waals surface area contributed by atoms with Crippen LogP contribution in [-0.2, 0) is 16.5 Å². The van der Waals surface area contributed by atoms with Crippen molar-refractivity contribution in [2.24, 2.45) is 0 Å². The van der Waals surface area contributed by atoms with Crippen LogP contribution in [0.4, 0.5) is 0 Å². The fraction of sp³-hybridized carbons (Fsp3) is 0.300. The summed E-state index contributed by atoms with van der Waals surface area (Å²) in [7, 11) is 9.75. The Balaban J connectivity index is 0.000000399. The van der Waals surface area contributed by atoms with Crippen LogP contribution < -0.4 is 0 Å². The predicted octanol–water partition coefficient (Wildman–Crippen LogP) is 6.78. The molecule has 25 heavy (non-hydrogen) atoms. The van der Waals surface area contributed by atoms with E-state index in [0.29, 0.717) is 0 Å². The monoisotopic (exact) mass is 555 g/mol. The number of benzene rings is 2. The first-order valence-electron chi connectivity index (χ1n) is 7.89. The Kier molecular flexibility index (Phi) is 15.3. The zero-order chi connectivity index (χ0) is 18.9. The molecule has 0 heterocycles. The van der Waals surface area contributed by atoms with E-state index in [1.54, 1.807) is 0 Å². The van der Waals surface area contributed by atoms with Crippen molar-refractivity contribution in [1.29, 1.82) is 10.5 Å². The Hall–Kier alpha value is -1.31. The molecule has 2 unspecified atom stereocenters. The number of halogens is 2. The second-order valence-corrected chi connectivity index (χ2v) is 8.33. The first-order valence-corrected chi connectivity index (χ1v) is 13.5. The molecule has 136 valence electrons. The van der Waals surface area contributed by atoms with Crippen LogP contribution in [0, 0.1) is 22.7 Å². The van der Waals surface area contributed by atoms with E-state index >= 15 is 0 Å². The summed E-state index contributed by atoms with van der Waals surface area (Å²) in [6, 6.07) is 24.3. The van der Waals surface area contributed by atoms with Crippen LogP contribution in [0.2, 0.25) is 0 Å². The Morgan fingerprint density at radius 3 is 1.24 bits per heavy atom. The van der Waals surface area contributed by atoms with Crippen molar-refractivity contribution in [2.45, 2.75) is 38.5 Å². The van der Waals surface area contributed by atoms with E-state index in [4.69, 9.17) is 29.4 Å². The third kappa shape index (κ3) is 10.3. The first-order chi connectivity index (χ1) is 12.2. The molecule has 0 spiro atoms. The molecular formula is C20H22Cl2N2Pt. The summed E-state index contributed by atoms with van der Waals surface area (Å²) in [5, 5.41) is 17.5. The van der Waals surface area contributed by atoms with Crippen LogP contribution in [0.15, 0.2) is 60.7 Å². The van der Waals surface area contributed by atoms with Gasteiger partial charge in [0.2, 0.25) is 0 Å². The number of nitrogens with zero attached hydrogens (tertiary/aromatic N) is 2. The second-order valence-electron chi connectivity index (χ2n) is 5.05. The van der Waals surface area contributed by atoms with Crippen molar-refractivity contribution in [3.05, 3.63) is 71.8 Å². The van der Waals surface area contributed by atoms with Gasteiger partial charge >= 0.3 is 35.3 Å². The molecule has 5 heteroatoms. The van der Waals surface area contributed by atoms with Gasteiger partial charge in [-0.05, 0) is 24.0 Å². The summed E-state index contributed by atoms with van der Waals surface area (Å²) in [4.78, 5) is 0. The number of hydrogen-bond donors (Lipinski definition) is 0. The number of nitriles is 2. The summed E-state index contributed by atoms with van der Waals surface area (Å²) in [5.74, 6) is 0.132. The van der Waals surface area contributed by atoms with E-state index in [2.05, 4.69) is 12.1 Å². The molecule has 0 aliphatic rings. The van der Waals surface area contributed by atoms with Gasteiger partial charge in [-0.1, -0.05) is 74.5 Å². The molecule has 0 fully saturated rings. The van der Waals surface area contributed by atoms with E-state index in [0.717, 1.165) is 24.0 Å². The van der Waals surface area contributed by atoms with Crippen LogP contribution in [0.3, 0.4) is 0 Å². The van der Waals surface area contributed by atoms with Gasteiger partial charge in [0, 0.05) is 0 Å². The quantitative estimate of drug-likeness (QED) is 0.417. The summed E-state index contributed by atoms with van der Waals surface area (Å²) in [5.41, 5.74) is 2.25. The van der Waals surface area contributed by atoms with E-state index < -0.39 is 16.5 Å². The topological polar surface area (TPSA) is 47.6 Å². The van der Waals surface area contributed by atoms with Crippen LogP contribution in [-0.4, -0.2) is 0 Å². The fourth-order valence-electron chi connectivity index (χ4n) is 2.17. The van der Waals surface area contributed by atoms with Gasteiger partial charge in [-0.3, -0.25) is 0 Å². The Morgan fingerprint density at radius 2 is 1.04 bits per heavy atom. The molecule has 0 N–H and O–H groups in total. The Labute approximate surface area is 167 Å². The third-order valence-corrected chi connectivity index (χ3v) is 3.53. The van der Waals surface area contributed by atoms with Gasteiger partial charge < -0.3 is 0 Å². The maximum atomic E-state index is 8.73. The molecule has 2 nitrogen and oxygen atoms in total. The van der Waals surface area contributed by atoms with Gasteiger partial charge in [0.25, 0.3) is 0 Å². The first kappa shape index (κ1) is 23.7. The van der Waals surface area contributed by atoms with Crippen molar-refractivity contribution in [3.63, 3.8) is 0 Å². The molecule has 0 saturated carbocycles. The zero-order valence-corrected chi connectivity index (χ0v) is 18.1. The molecule has 0 aromatic heterocycles. The molecule has 0 amide bonds. The molecule has 2 aromatic rings. The van der Waals surface area contributed by atoms with E-state index in [-0.39, 0.29) is 11.8 Å². The molecule has 0 saturated heterocycles. The Bertz CT molecular complexity index is 579. The van der Waals surface area contributed by atoms with Gasteiger partial charge in [-0.2, -0.15) is 10.5 Å². The zero-order valence-electron chi connectivity index (χ0n) is 14.3. The van der Waals surface area contributed by atoms with Gasteiger partial charge in [-0.15, -0.1) is 0 Å². The van der Waals surface area contributed by atoms with Crippen molar-refractivity contribution in [1.82, 2.24) is 0 Å². The molecule has 0 aliphatic carbocycles. The van der Waals surface area contributed by atoms with Crippen LogP contribution >= 0.6 is 18.8 Å². The third-order valence-electron chi connectivity index (χ3n) is 3.53. The molecular weight excluding hydrogens is 534 g/mol. The van der Waals surface area contributed by atoms with Gasteiger partial charge in [0.15, 0.2) is 0 Å². The van der Waals surface area contributed by atoms with Crippen molar-refractivity contribution >= 4 is 18.8 Å². The van der Waals surface area contributed by atoms with Gasteiger partial charge in [0.1, 0.15) is 0 Å². The summed E-state index contributed by atoms with van der Waals surface area (Å²) >= 11 is -0.472. The fourth-order valence-corrected chi connectivity index (χ4v) is 2.17. The normalized spacial score (nSPS) is 11.4. The molecule has 2 aromatic carbocycles. The SMILES string of the molecule is CCC(C#N)c1ccccc1.CCC(C#N)c1ccccc1.[Cl][Pt][Cl]. The van der Waals surface area contributed by atoms with Crippen LogP contribution in [0.1, 0.15) is 49.7 Å². The maximum absolute atomic E-state index is 8.73. The standard InChI is InChI=1S/2C10H11N.2ClH.Pt/c2*1-2-9(8-11)10-6-4-3-5-7-10;;;/h2*3-7,9H,2H2,1H3;2*1H;/q;;;;+2/p-2. The molecule has 2 atom stereocenters. The average molecular weight is 556 g/mol. The van der Waals surface area contributed by atoms with Gasteiger partial charge in [-0.25, -0.2) is 0 Å². The predicted molar refractivity (Wildman–Crippen MR) is 102 cm³/mol.